The molecule has 7 heteroatoms. The van der Waals surface area contributed by atoms with Crippen LogP contribution in [0.25, 0.3) is 0 Å². The monoisotopic (exact) mass is 370 g/mol. The van der Waals surface area contributed by atoms with E-state index in [1.165, 1.54) is 0 Å². The number of ether oxygens (including phenoxy) is 1. The van der Waals surface area contributed by atoms with Crippen LogP contribution >= 0.6 is 0 Å². The fraction of sp³-hybridized carbons (Fsp3) is 0.300. The van der Waals surface area contributed by atoms with Crippen molar-refractivity contribution in [2.75, 3.05) is 36.9 Å². The molecule has 0 fully saturated rings. The van der Waals surface area contributed by atoms with E-state index in [1.54, 1.807) is 36.4 Å². The van der Waals surface area contributed by atoms with Crippen LogP contribution in [0.3, 0.4) is 0 Å². The summed E-state index contributed by atoms with van der Waals surface area (Å²) in [5.41, 5.74) is 8.07. The van der Waals surface area contributed by atoms with Gasteiger partial charge in [0.25, 0.3) is 5.91 Å². The number of rotatable bonds is 9. The predicted octanol–water partition coefficient (Wildman–Crippen LogP) is 2.73. The molecule has 0 spiro atoms. The third-order valence-corrected chi connectivity index (χ3v) is 3.80. The van der Waals surface area contributed by atoms with Crippen LogP contribution < -0.4 is 21.7 Å². The summed E-state index contributed by atoms with van der Waals surface area (Å²) in [6.45, 7) is 3.89. The maximum Gasteiger partial charge on any atom is 0.319 e. The van der Waals surface area contributed by atoms with Gasteiger partial charge < -0.3 is 26.4 Å². The maximum atomic E-state index is 12.2. The first-order chi connectivity index (χ1) is 13.1. The SMILES string of the molecule is Cc1ccc(NC(=O)c2ccccc2)cc1NC(=O)NCCOCCCN. The van der Waals surface area contributed by atoms with Gasteiger partial charge in [0.2, 0.25) is 0 Å². The topological polar surface area (TPSA) is 105 Å². The average molecular weight is 370 g/mol. The molecule has 0 saturated heterocycles. The van der Waals surface area contributed by atoms with Crippen LogP contribution in [0.1, 0.15) is 22.3 Å². The number of benzene rings is 2. The number of hydrogen-bond donors (Lipinski definition) is 4. The number of aryl methyl sites for hydroxylation is 1. The van der Waals surface area contributed by atoms with Gasteiger partial charge in [0, 0.05) is 30.1 Å². The second kappa shape index (κ2) is 10.9. The number of amides is 3. The second-order valence-electron chi connectivity index (χ2n) is 5.99. The average Bonchev–Trinajstić information content (AvgIpc) is 2.68. The van der Waals surface area contributed by atoms with Crippen molar-refractivity contribution < 1.29 is 14.3 Å². The van der Waals surface area contributed by atoms with Gasteiger partial charge in [0.1, 0.15) is 0 Å². The minimum atomic E-state index is -0.327. The van der Waals surface area contributed by atoms with Crippen molar-refractivity contribution >= 4 is 23.3 Å². The summed E-state index contributed by atoms with van der Waals surface area (Å²) in [6, 6.07) is 14.0. The summed E-state index contributed by atoms with van der Waals surface area (Å²) >= 11 is 0. The molecular formula is C20H26N4O3. The molecule has 0 atom stereocenters. The van der Waals surface area contributed by atoms with E-state index in [4.69, 9.17) is 10.5 Å². The van der Waals surface area contributed by atoms with Crippen LogP contribution in [0.4, 0.5) is 16.2 Å². The lowest BCUT2D eigenvalue weighted by molar-refractivity contribution is 0.102. The summed E-state index contributed by atoms with van der Waals surface area (Å²) in [5, 5.41) is 8.35. The number of carbonyl (C=O) groups excluding carboxylic acids is 2. The standard InChI is InChI=1S/C20H26N4O3/c1-15-8-9-17(23-19(25)16-6-3-2-4-7-16)14-18(15)24-20(26)22-11-13-27-12-5-10-21/h2-4,6-9,14H,5,10-13,21H2,1H3,(H,23,25)(H2,22,24,26). The summed E-state index contributed by atoms with van der Waals surface area (Å²) in [5.74, 6) is -0.204. The number of nitrogens with one attached hydrogen (secondary N) is 3. The molecule has 0 aromatic heterocycles. The highest BCUT2D eigenvalue weighted by Gasteiger charge is 2.08. The molecule has 2 rings (SSSR count). The van der Waals surface area contributed by atoms with Crippen LogP contribution in [-0.4, -0.2) is 38.2 Å². The van der Waals surface area contributed by atoms with E-state index >= 15 is 0 Å². The van der Waals surface area contributed by atoms with E-state index in [9.17, 15) is 9.59 Å². The Morgan fingerprint density at radius 2 is 1.81 bits per heavy atom. The zero-order chi connectivity index (χ0) is 19.5. The number of carbonyl (C=O) groups is 2. The molecule has 2 aromatic carbocycles. The summed E-state index contributed by atoms with van der Waals surface area (Å²) < 4.78 is 5.33. The van der Waals surface area contributed by atoms with Gasteiger partial charge in [-0.1, -0.05) is 24.3 Å². The lowest BCUT2D eigenvalue weighted by Gasteiger charge is -2.12. The van der Waals surface area contributed by atoms with Gasteiger partial charge >= 0.3 is 6.03 Å². The fourth-order valence-electron chi connectivity index (χ4n) is 2.32. The molecule has 0 bridgehead atoms. The van der Waals surface area contributed by atoms with Crippen LogP contribution in [0.5, 0.6) is 0 Å². The molecule has 0 unspecified atom stereocenters. The maximum absolute atomic E-state index is 12.2. The molecule has 7 nitrogen and oxygen atoms in total. The summed E-state index contributed by atoms with van der Waals surface area (Å²) in [7, 11) is 0. The Morgan fingerprint density at radius 3 is 2.56 bits per heavy atom. The van der Waals surface area contributed by atoms with Gasteiger partial charge in [0.15, 0.2) is 0 Å². The van der Waals surface area contributed by atoms with E-state index in [2.05, 4.69) is 16.0 Å². The zero-order valence-corrected chi connectivity index (χ0v) is 15.5. The molecule has 0 heterocycles. The van der Waals surface area contributed by atoms with E-state index < -0.39 is 0 Å². The van der Waals surface area contributed by atoms with Crippen molar-refractivity contribution in [3.63, 3.8) is 0 Å². The van der Waals surface area contributed by atoms with Gasteiger partial charge in [-0.05, 0) is 49.7 Å². The van der Waals surface area contributed by atoms with Gasteiger partial charge in [0.05, 0.1) is 6.61 Å². The van der Waals surface area contributed by atoms with Crippen molar-refractivity contribution in [3.05, 3.63) is 59.7 Å². The quantitative estimate of drug-likeness (QED) is 0.509. The predicted molar refractivity (Wildman–Crippen MR) is 107 cm³/mol. The molecule has 144 valence electrons. The number of hydrogen-bond acceptors (Lipinski definition) is 4. The molecule has 5 N–H and O–H groups in total. The summed E-state index contributed by atoms with van der Waals surface area (Å²) in [4.78, 5) is 24.3. The van der Waals surface area contributed by atoms with Crippen LogP contribution in [-0.2, 0) is 4.74 Å². The highest BCUT2D eigenvalue weighted by molar-refractivity contribution is 6.04. The Bertz CT molecular complexity index is 750. The molecule has 0 aliphatic heterocycles. The Morgan fingerprint density at radius 1 is 1.04 bits per heavy atom. The highest BCUT2D eigenvalue weighted by Crippen LogP contribution is 2.20. The molecular weight excluding hydrogens is 344 g/mol. The van der Waals surface area contributed by atoms with Crippen molar-refractivity contribution in [3.8, 4) is 0 Å². The van der Waals surface area contributed by atoms with E-state index in [0.717, 1.165) is 12.0 Å². The minimum absolute atomic E-state index is 0.204. The Balaban J connectivity index is 1.87. The van der Waals surface area contributed by atoms with Crippen molar-refractivity contribution in [1.29, 1.82) is 0 Å². The summed E-state index contributed by atoms with van der Waals surface area (Å²) in [6.07, 6.45) is 0.798. The van der Waals surface area contributed by atoms with Crippen LogP contribution in [0, 0.1) is 6.92 Å². The Kier molecular flexibility index (Phi) is 8.28. The minimum Gasteiger partial charge on any atom is -0.380 e. The lowest BCUT2D eigenvalue weighted by Crippen LogP contribution is -2.32. The first-order valence-corrected chi connectivity index (χ1v) is 8.90. The normalized spacial score (nSPS) is 10.3. The molecule has 3 amide bonds. The van der Waals surface area contributed by atoms with Crippen molar-refractivity contribution in [2.45, 2.75) is 13.3 Å². The highest BCUT2D eigenvalue weighted by atomic mass is 16.5. The largest absolute Gasteiger partial charge is 0.380 e. The third-order valence-electron chi connectivity index (χ3n) is 3.80. The second-order valence-corrected chi connectivity index (χ2v) is 5.99. The van der Waals surface area contributed by atoms with Gasteiger partial charge in [-0.2, -0.15) is 0 Å². The third kappa shape index (κ3) is 7.08. The molecule has 0 aliphatic rings. The Labute approximate surface area is 159 Å². The van der Waals surface area contributed by atoms with Gasteiger partial charge in [-0.25, -0.2) is 4.79 Å². The zero-order valence-electron chi connectivity index (χ0n) is 15.5. The number of nitrogens with two attached hydrogens (primary N) is 1. The van der Waals surface area contributed by atoms with E-state index in [1.807, 2.05) is 19.1 Å². The number of anilines is 2. The van der Waals surface area contributed by atoms with Gasteiger partial charge in [-0.3, -0.25) is 4.79 Å². The van der Waals surface area contributed by atoms with Gasteiger partial charge in [-0.15, -0.1) is 0 Å². The first-order valence-electron chi connectivity index (χ1n) is 8.90. The molecule has 2 aromatic rings. The van der Waals surface area contributed by atoms with Crippen LogP contribution in [0.2, 0.25) is 0 Å². The van der Waals surface area contributed by atoms with E-state index in [0.29, 0.717) is 43.2 Å². The molecule has 27 heavy (non-hydrogen) atoms. The molecule has 0 saturated carbocycles. The first kappa shape index (κ1) is 20.4. The lowest BCUT2D eigenvalue weighted by atomic mass is 10.1. The fourth-order valence-corrected chi connectivity index (χ4v) is 2.32. The van der Waals surface area contributed by atoms with Crippen molar-refractivity contribution in [1.82, 2.24) is 5.32 Å². The van der Waals surface area contributed by atoms with Crippen molar-refractivity contribution in [2.24, 2.45) is 5.73 Å². The van der Waals surface area contributed by atoms with E-state index in [-0.39, 0.29) is 11.9 Å². The Hall–Kier alpha value is -2.90. The molecule has 0 radical (unpaired) electrons. The number of urea groups is 1. The smallest absolute Gasteiger partial charge is 0.319 e. The van der Waals surface area contributed by atoms with Crippen LogP contribution in [0.15, 0.2) is 48.5 Å². The molecule has 0 aliphatic carbocycles.